The third-order valence-corrected chi connectivity index (χ3v) is 2.67. The van der Waals surface area contributed by atoms with Crippen LogP contribution in [0.5, 0.6) is 0 Å². The lowest BCUT2D eigenvalue weighted by Gasteiger charge is -2.05. The molecule has 2 aromatic carbocycles. The molecular formula is C13H11Cl2NO. The zero-order valence-corrected chi connectivity index (χ0v) is 10.5. The van der Waals surface area contributed by atoms with Gasteiger partial charge in [0.05, 0.1) is 0 Å². The molecule has 88 valence electrons. The molecule has 0 fully saturated rings. The van der Waals surface area contributed by atoms with Crippen molar-refractivity contribution >= 4 is 29.9 Å². The van der Waals surface area contributed by atoms with Crippen LogP contribution in [0.15, 0.2) is 48.5 Å². The molecule has 0 unspecified atom stereocenters. The fraction of sp³-hybridized carbons (Fsp3) is 0. The molecule has 0 aliphatic heterocycles. The highest BCUT2D eigenvalue weighted by Crippen LogP contribution is 2.28. The number of carbonyl (C=O) groups is 1. The number of rotatable bonds is 2. The van der Waals surface area contributed by atoms with Gasteiger partial charge < -0.3 is 5.73 Å². The zero-order valence-electron chi connectivity index (χ0n) is 8.89. The van der Waals surface area contributed by atoms with Crippen LogP contribution in [0.25, 0.3) is 11.1 Å². The minimum atomic E-state index is -0.450. The first kappa shape index (κ1) is 13.6. The monoisotopic (exact) mass is 267 g/mol. The van der Waals surface area contributed by atoms with E-state index in [1.54, 1.807) is 18.2 Å². The Morgan fingerprint density at radius 2 is 1.71 bits per heavy atom. The maximum atomic E-state index is 11.1. The number of hydrogen-bond donors (Lipinski definition) is 1. The van der Waals surface area contributed by atoms with Gasteiger partial charge in [-0.3, -0.25) is 4.79 Å². The number of halogens is 2. The Kier molecular flexibility index (Phi) is 4.55. The summed E-state index contributed by atoms with van der Waals surface area (Å²) in [5.74, 6) is -0.450. The molecule has 0 aromatic heterocycles. The van der Waals surface area contributed by atoms with Gasteiger partial charge in [-0.1, -0.05) is 41.9 Å². The van der Waals surface area contributed by atoms with Crippen LogP contribution in [-0.2, 0) is 0 Å². The topological polar surface area (TPSA) is 43.1 Å². The summed E-state index contributed by atoms with van der Waals surface area (Å²) >= 11 is 6.08. The van der Waals surface area contributed by atoms with Gasteiger partial charge in [-0.05, 0) is 23.8 Å². The molecule has 0 spiro atoms. The van der Waals surface area contributed by atoms with Crippen LogP contribution in [0.1, 0.15) is 10.4 Å². The van der Waals surface area contributed by atoms with Gasteiger partial charge in [-0.2, -0.15) is 0 Å². The van der Waals surface area contributed by atoms with Crippen LogP contribution in [0, 0.1) is 0 Å². The summed E-state index contributed by atoms with van der Waals surface area (Å²) in [6.07, 6.45) is 0. The van der Waals surface area contributed by atoms with E-state index < -0.39 is 5.91 Å². The van der Waals surface area contributed by atoms with Crippen molar-refractivity contribution in [1.29, 1.82) is 0 Å². The van der Waals surface area contributed by atoms with E-state index >= 15 is 0 Å². The minimum Gasteiger partial charge on any atom is -0.366 e. The summed E-state index contributed by atoms with van der Waals surface area (Å²) < 4.78 is 0. The Labute approximate surface area is 111 Å². The van der Waals surface area contributed by atoms with Crippen LogP contribution in [0.2, 0.25) is 5.02 Å². The van der Waals surface area contributed by atoms with Gasteiger partial charge in [0, 0.05) is 16.1 Å². The maximum absolute atomic E-state index is 11.1. The van der Waals surface area contributed by atoms with Crippen LogP contribution in [0.4, 0.5) is 0 Å². The first-order chi connectivity index (χ1) is 7.68. The molecule has 17 heavy (non-hydrogen) atoms. The van der Waals surface area contributed by atoms with Crippen molar-refractivity contribution in [3.8, 4) is 11.1 Å². The third kappa shape index (κ3) is 2.99. The van der Waals surface area contributed by atoms with Gasteiger partial charge >= 0.3 is 0 Å². The van der Waals surface area contributed by atoms with Gasteiger partial charge in [0.15, 0.2) is 0 Å². The summed E-state index contributed by atoms with van der Waals surface area (Å²) in [5.41, 5.74) is 7.48. The van der Waals surface area contributed by atoms with E-state index in [0.29, 0.717) is 10.6 Å². The van der Waals surface area contributed by atoms with E-state index in [0.717, 1.165) is 11.1 Å². The molecule has 0 atom stereocenters. The molecule has 0 radical (unpaired) electrons. The second kappa shape index (κ2) is 5.71. The molecule has 0 saturated heterocycles. The minimum absolute atomic E-state index is 0. The average molecular weight is 268 g/mol. The number of nitrogens with two attached hydrogens (primary N) is 1. The Bertz CT molecular complexity index is 526. The van der Waals surface area contributed by atoms with Crippen molar-refractivity contribution in [3.63, 3.8) is 0 Å². The van der Waals surface area contributed by atoms with E-state index in [4.69, 9.17) is 17.3 Å². The Morgan fingerprint density at radius 1 is 1.06 bits per heavy atom. The molecule has 2 aromatic rings. The molecule has 2 N–H and O–H groups in total. The quantitative estimate of drug-likeness (QED) is 0.889. The fourth-order valence-electron chi connectivity index (χ4n) is 1.52. The van der Waals surface area contributed by atoms with E-state index in [-0.39, 0.29) is 12.4 Å². The second-order valence-electron chi connectivity index (χ2n) is 3.42. The summed E-state index contributed by atoms with van der Waals surface area (Å²) in [6, 6.07) is 14.7. The van der Waals surface area contributed by atoms with Gasteiger partial charge in [-0.15, -0.1) is 12.4 Å². The van der Waals surface area contributed by atoms with Crippen molar-refractivity contribution in [2.45, 2.75) is 0 Å². The second-order valence-corrected chi connectivity index (χ2v) is 3.83. The molecular weight excluding hydrogens is 257 g/mol. The molecule has 1 amide bonds. The van der Waals surface area contributed by atoms with Crippen LogP contribution in [-0.4, -0.2) is 5.91 Å². The molecule has 0 bridgehead atoms. The SMILES string of the molecule is Cl.NC(=O)c1ccc(Cl)c(-c2ccccc2)c1. The number of benzene rings is 2. The molecule has 0 aliphatic carbocycles. The zero-order chi connectivity index (χ0) is 11.5. The highest BCUT2D eigenvalue weighted by Gasteiger charge is 2.07. The molecule has 0 heterocycles. The van der Waals surface area contributed by atoms with E-state index in [1.807, 2.05) is 30.3 Å². The first-order valence-electron chi connectivity index (χ1n) is 4.83. The summed E-state index contributed by atoms with van der Waals surface area (Å²) in [5, 5.41) is 0.608. The first-order valence-corrected chi connectivity index (χ1v) is 5.21. The van der Waals surface area contributed by atoms with Crippen molar-refractivity contribution in [2.75, 3.05) is 0 Å². The number of amides is 1. The lowest BCUT2D eigenvalue weighted by atomic mass is 10.0. The predicted octanol–water partition coefficient (Wildman–Crippen LogP) is 3.53. The van der Waals surface area contributed by atoms with Crippen LogP contribution in [0.3, 0.4) is 0 Å². The fourth-order valence-corrected chi connectivity index (χ4v) is 1.74. The van der Waals surface area contributed by atoms with Crippen molar-refractivity contribution < 1.29 is 4.79 Å². The normalized spacial score (nSPS) is 9.47. The van der Waals surface area contributed by atoms with Crippen molar-refractivity contribution in [1.82, 2.24) is 0 Å². The van der Waals surface area contributed by atoms with E-state index in [1.165, 1.54) is 0 Å². The van der Waals surface area contributed by atoms with Gasteiger partial charge in [0.1, 0.15) is 0 Å². The van der Waals surface area contributed by atoms with Crippen LogP contribution < -0.4 is 5.73 Å². The predicted molar refractivity (Wildman–Crippen MR) is 72.7 cm³/mol. The standard InChI is InChI=1S/C13H10ClNO.ClH/c14-12-7-6-10(13(15)16)8-11(12)9-4-2-1-3-5-9;/h1-8H,(H2,15,16);1H. The molecule has 2 nitrogen and oxygen atoms in total. The summed E-state index contributed by atoms with van der Waals surface area (Å²) in [6.45, 7) is 0. The average Bonchev–Trinajstić information content (AvgIpc) is 2.30. The summed E-state index contributed by atoms with van der Waals surface area (Å²) in [7, 11) is 0. The Morgan fingerprint density at radius 3 is 2.29 bits per heavy atom. The van der Waals surface area contributed by atoms with Crippen molar-refractivity contribution in [3.05, 3.63) is 59.1 Å². The Hall–Kier alpha value is -1.51. The molecule has 2 rings (SSSR count). The molecule has 0 saturated carbocycles. The lowest BCUT2D eigenvalue weighted by Crippen LogP contribution is -2.10. The number of hydrogen-bond acceptors (Lipinski definition) is 1. The third-order valence-electron chi connectivity index (χ3n) is 2.34. The van der Waals surface area contributed by atoms with Crippen molar-refractivity contribution in [2.24, 2.45) is 5.73 Å². The van der Waals surface area contributed by atoms with Gasteiger partial charge in [0.25, 0.3) is 0 Å². The highest BCUT2D eigenvalue weighted by molar-refractivity contribution is 6.33. The smallest absolute Gasteiger partial charge is 0.248 e. The largest absolute Gasteiger partial charge is 0.366 e. The lowest BCUT2D eigenvalue weighted by molar-refractivity contribution is 0.100. The highest BCUT2D eigenvalue weighted by atomic mass is 35.5. The van der Waals surface area contributed by atoms with E-state index in [9.17, 15) is 4.79 Å². The Balaban J connectivity index is 0.00000144. The molecule has 4 heteroatoms. The number of primary amides is 1. The van der Waals surface area contributed by atoms with E-state index in [2.05, 4.69) is 0 Å². The number of carbonyl (C=O) groups excluding carboxylic acids is 1. The maximum Gasteiger partial charge on any atom is 0.248 e. The summed E-state index contributed by atoms with van der Waals surface area (Å²) in [4.78, 5) is 11.1. The van der Waals surface area contributed by atoms with Crippen LogP contribution >= 0.6 is 24.0 Å². The van der Waals surface area contributed by atoms with Gasteiger partial charge in [0.2, 0.25) is 5.91 Å². The van der Waals surface area contributed by atoms with Gasteiger partial charge in [-0.25, -0.2) is 0 Å². The molecule has 0 aliphatic rings.